The average molecular weight is 781 g/mol. The Balaban J connectivity index is 1.82. The van der Waals surface area contributed by atoms with Gasteiger partial charge < -0.3 is 20.8 Å². The summed E-state index contributed by atoms with van der Waals surface area (Å²) in [6.45, 7) is 6.20. The molecule has 0 unspecified atom stereocenters. The molecule has 2 aromatic carbocycles. The van der Waals surface area contributed by atoms with E-state index in [-0.39, 0.29) is 30.5 Å². The Morgan fingerprint density at radius 3 is 2.49 bits per heavy atom. The number of nitrogens with zero attached hydrogens (tertiary/aromatic N) is 3. The van der Waals surface area contributed by atoms with Crippen LogP contribution in [0.25, 0.3) is 0 Å². The molecule has 2 heterocycles. The Labute approximate surface area is 269 Å². The summed E-state index contributed by atoms with van der Waals surface area (Å²) in [5.41, 5.74) is 3.05. The van der Waals surface area contributed by atoms with Crippen molar-refractivity contribution in [3.05, 3.63) is 83.0 Å². The van der Waals surface area contributed by atoms with Crippen molar-refractivity contribution in [3.63, 3.8) is 0 Å². The molecule has 8 nitrogen and oxygen atoms in total. The molecule has 4 rings (SSSR count). The first-order valence-corrected chi connectivity index (χ1v) is 16.7. The number of hydrogen-bond acceptors (Lipinski definition) is 6. The van der Waals surface area contributed by atoms with E-state index < -0.39 is 23.5 Å². The fraction of sp³-hybridized carbons (Fsp3) is 0.452. The summed E-state index contributed by atoms with van der Waals surface area (Å²) in [6.07, 6.45) is 1.39. The monoisotopic (exact) mass is 781 g/mol. The number of rotatable bonds is 10. The molecule has 1 amide bonds. The van der Waals surface area contributed by atoms with E-state index in [1.165, 1.54) is 10.2 Å². The van der Waals surface area contributed by atoms with Crippen LogP contribution in [0.3, 0.4) is 0 Å². The van der Waals surface area contributed by atoms with Crippen molar-refractivity contribution >= 4 is 56.9 Å². The van der Waals surface area contributed by atoms with Crippen LogP contribution in [0.1, 0.15) is 55.4 Å². The number of halogens is 2. The molecule has 1 saturated heterocycles. The maximum atomic E-state index is 14.1. The second-order valence-corrected chi connectivity index (χ2v) is 13.4. The number of benzene rings is 2. The maximum Gasteiger partial charge on any atom is 0.243 e. The highest BCUT2D eigenvalue weighted by atomic mass is 127. The highest BCUT2D eigenvalue weighted by Gasteiger charge is 2.59. The van der Waals surface area contributed by atoms with Crippen LogP contribution in [0.5, 0.6) is 0 Å². The third-order valence-corrected chi connectivity index (χ3v) is 9.35. The Kier molecular flexibility index (Phi) is 10.5. The number of aromatic nitrogens is 2. The van der Waals surface area contributed by atoms with Crippen LogP contribution in [0, 0.1) is 16.7 Å². The predicted octanol–water partition coefficient (Wildman–Crippen LogP) is 5.07. The Bertz CT molecular complexity index is 1380. The molecule has 4 N–H and O–H groups in total. The van der Waals surface area contributed by atoms with Crippen LogP contribution < -0.4 is 10.6 Å². The van der Waals surface area contributed by atoms with Gasteiger partial charge in [0.2, 0.25) is 5.91 Å². The number of hydrogen-bond donors (Lipinski definition) is 4. The van der Waals surface area contributed by atoms with E-state index in [0.29, 0.717) is 12.2 Å². The molecular formula is C31H37I2N5O3. The van der Waals surface area contributed by atoms with Crippen LogP contribution in [-0.4, -0.2) is 50.7 Å². The second-order valence-electron chi connectivity index (χ2n) is 11.9. The number of alkyl halides is 2. The summed E-state index contributed by atoms with van der Waals surface area (Å²) in [7, 11) is 0. The number of carbonyl (C=O) groups is 1. The smallest absolute Gasteiger partial charge is 0.243 e. The zero-order chi connectivity index (χ0) is 29.8. The molecule has 10 heteroatoms. The van der Waals surface area contributed by atoms with E-state index in [1.54, 1.807) is 12.3 Å². The van der Waals surface area contributed by atoms with Gasteiger partial charge in [0.25, 0.3) is 0 Å². The van der Waals surface area contributed by atoms with Crippen LogP contribution in [0.2, 0.25) is 0 Å². The summed E-state index contributed by atoms with van der Waals surface area (Å²) < 4.78 is 3.17. The molecule has 1 aliphatic rings. The maximum absolute atomic E-state index is 14.1. The van der Waals surface area contributed by atoms with Gasteiger partial charge in [0.1, 0.15) is 5.41 Å². The molecule has 0 radical (unpaired) electrons. The summed E-state index contributed by atoms with van der Waals surface area (Å²) in [6, 6.07) is 19.9. The lowest BCUT2D eigenvalue weighted by molar-refractivity contribution is -0.118. The average Bonchev–Trinajstić information content (AvgIpc) is 3.53. The molecule has 1 aromatic heterocycles. The van der Waals surface area contributed by atoms with Gasteiger partial charge in [-0.1, -0.05) is 114 Å². The van der Waals surface area contributed by atoms with Crippen molar-refractivity contribution < 1.29 is 15.0 Å². The normalized spacial score (nSPS) is 23.2. The van der Waals surface area contributed by atoms with Gasteiger partial charge in [-0.15, -0.1) is 0 Å². The van der Waals surface area contributed by atoms with Gasteiger partial charge in [-0.2, -0.15) is 10.4 Å². The van der Waals surface area contributed by atoms with Gasteiger partial charge in [0.05, 0.1) is 31.4 Å². The SMILES string of the molecule is CC(C)(C)C[C@@H]1N[C@@H](C(=O)Nc2ccn(C[C@@H](O)CO)n2)[C@H](c2cccc(CI)c2)[C@@]1(C#N)c1ccc(CI)cc1. The Morgan fingerprint density at radius 1 is 1.17 bits per heavy atom. The highest BCUT2D eigenvalue weighted by molar-refractivity contribution is 14.1. The molecular weight excluding hydrogens is 744 g/mol. The fourth-order valence-electron chi connectivity index (χ4n) is 5.78. The van der Waals surface area contributed by atoms with E-state index in [0.717, 1.165) is 25.5 Å². The largest absolute Gasteiger partial charge is 0.394 e. The third-order valence-electron chi connectivity index (χ3n) is 7.59. The van der Waals surface area contributed by atoms with Gasteiger partial charge in [0.15, 0.2) is 5.82 Å². The lowest BCUT2D eigenvalue weighted by Gasteiger charge is -2.37. The van der Waals surface area contributed by atoms with Crippen molar-refractivity contribution in [2.24, 2.45) is 5.41 Å². The van der Waals surface area contributed by atoms with Crippen LogP contribution in [-0.2, 0) is 25.6 Å². The lowest BCUT2D eigenvalue weighted by atomic mass is 9.63. The number of amides is 1. The quantitative estimate of drug-likeness (QED) is 0.169. The van der Waals surface area contributed by atoms with E-state index in [1.807, 2.05) is 12.1 Å². The van der Waals surface area contributed by atoms with Crippen LogP contribution in [0.15, 0.2) is 60.8 Å². The van der Waals surface area contributed by atoms with Gasteiger partial charge in [-0.25, -0.2) is 0 Å². The Hall–Kier alpha value is -2.05. The molecule has 0 aliphatic carbocycles. The predicted molar refractivity (Wildman–Crippen MR) is 177 cm³/mol. The first kappa shape index (κ1) is 31.9. The molecule has 0 spiro atoms. The number of aliphatic hydroxyl groups excluding tert-OH is 2. The Morgan fingerprint density at radius 2 is 1.88 bits per heavy atom. The fourth-order valence-corrected chi connectivity index (χ4v) is 6.76. The summed E-state index contributed by atoms with van der Waals surface area (Å²) in [4.78, 5) is 14.1. The van der Waals surface area contributed by atoms with Gasteiger partial charge in [-0.05, 0) is 34.1 Å². The molecule has 5 atom stereocenters. The van der Waals surface area contributed by atoms with Crippen molar-refractivity contribution in [1.82, 2.24) is 15.1 Å². The number of carbonyl (C=O) groups excluding carboxylic acids is 1. The first-order valence-electron chi connectivity index (χ1n) is 13.7. The van der Waals surface area contributed by atoms with Gasteiger partial charge in [0, 0.05) is 33.1 Å². The van der Waals surface area contributed by atoms with E-state index in [4.69, 9.17) is 0 Å². The van der Waals surface area contributed by atoms with Crippen LogP contribution >= 0.6 is 45.2 Å². The summed E-state index contributed by atoms with van der Waals surface area (Å²) in [5, 5.41) is 41.0. The van der Waals surface area contributed by atoms with E-state index in [2.05, 4.69) is 124 Å². The van der Waals surface area contributed by atoms with Crippen molar-refractivity contribution in [2.45, 2.75) is 72.1 Å². The van der Waals surface area contributed by atoms with Gasteiger partial charge in [-0.3, -0.25) is 9.48 Å². The molecule has 1 fully saturated rings. The minimum atomic E-state index is -1.01. The molecule has 1 aliphatic heterocycles. The zero-order valence-corrected chi connectivity index (χ0v) is 27.8. The summed E-state index contributed by atoms with van der Waals surface area (Å²) in [5.74, 6) is -0.399. The zero-order valence-electron chi connectivity index (χ0n) is 23.5. The highest BCUT2D eigenvalue weighted by Crippen LogP contribution is 2.51. The second kappa shape index (κ2) is 13.5. The standard InChI is InChI=1S/C31H37I2N5O3/c1-30(2,3)14-25-31(19-34,23-9-7-20(15-32)8-10-23)27(22-6-4-5-21(13-22)16-33)28(35-25)29(41)36-26-11-12-38(37-26)17-24(40)18-39/h4-13,24-25,27-28,35,39-40H,14-18H2,1-3H3,(H,36,37,41)/t24-,25+,27+,28-,31+/m1/s1. The summed E-state index contributed by atoms with van der Waals surface area (Å²) >= 11 is 4.67. The number of anilines is 1. The molecule has 0 saturated carbocycles. The molecule has 41 heavy (non-hydrogen) atoms. The number of aliphatic hydroxyl groups is 2. The minimum Gasteiger partial charge on any atom is -0.394 e. The number of nitrogens with one attached hydrogen (secondary N) is 2. The molecule has 3 aromatic rings. The topological polar surface area (TPSA) is 123 Å². The van der Waals surface area contributed by atoms with Gasteiger partial charge >= 0.3 is 0 Å². The van der Waals surface area contributed by atoms with E-state index >= 15 is 0 Å². The van der Waals surface area contributed by atoms with Crippen LogP contribution in [0.4, 0.5) is 5.82 Å². The molecule has 218 valence electrons. The molecule has 0 bridgehead atoms. The minimum absolute atomic E-state index is 0.103. The van der Waals surface area contributed by atoms with E-state index in [9.17, 15) is 20.3 Å². The third kappa shape index (κ3) is 7.13. The number of nitriles is 1. The first-order chi connectivity index (χ1) is 19.5. The van der Waals surface area contributed by atoms with Crippen molar-refractivity contribution in [2.75, 3.05) is 11.9 Å². The lowest BCUT2D eigenvalue weighted by Crippen LogP contribution is -2.44. The van der Waals surface area contributed by atoms with Crippen molar-refractivity contribution in [1.29, 1.82) is 5.26 Å². The van der Waals surface area contributed by atoms with Crippen molar-refractivity contribution in [3.8, 4) is 6.07 Å².